The number of hydrogen-bond donors (Lipinski definition) is 1. The summed E-state index contributed by atoms with van der Waals surface area (Å²) in [5.41, 5.74) is -0.240. The Kier molecular flexibility index (Phi) is 7.02. The smallest absolute Gasteiger partial charge is 0.240 e. The van der Waals surface area contributed by atoms with Gasteiger partial charge in [0.25, 0.3) is 0 Å². The van der Waals surface area contributed by atoms with Gasteiger partial charge in [-0.25, -0.2) is 17.5 Å². The van der Waals surface area contributed by atoms with Crippen molar-refractivity contribution >= 4 is 21.8 Å². The quantitative estimate of drug-likeness (QED) is 0.732. The lowest BCUT2D eigenvalue weighted by Gasteiger charge is -2.47. The molecule has 1 N–H and O–H groups in total. The molecule has 3 rings (SSSR count). The summed E-state index contributed by atoms with van der Waals surface area (Å²) in [6.45, 7) is 5.52. The highest BCUT2D eigenvalue weighted by molar-refractivity contribution is 7.99. The van der Waals surface area contributed by atoms with Crippen molar-refractivity contribution < 1.29 is 22.3 Å². The normalized spacial score (nSPS) is 21.1. The molecule has 0 unspecified atom stereocenters. The maximum absolute atomic E-state index is 14.1. The maximum atomic E-state index is 14.1. The molecule has 1 aromatic rings. The second kappa shape index (κ2) is 9.09. The van der Waals surface area contributed by atoms with E-state index in [2.05, 4.69) is 9.62 Å². The Balaban J connectivity index is 1.74. The van der Waals surface area contributed by atoms with Crippen molar-refractivity contribution in [3.05, 3.63) is 24.0 Å². The number of ether oxygens (including phenoxy) is 2. The average Bonchev–Trinajstić information content (AvgIpc) is 2.69. The minimum absolute atomic E-state index is 0.0585. The van der Waals surface area contributed by atoms with E-state index in [-0.39, 0.29) is 16.2 Å². The van der Waals surface area contributed by atoms with E-state index in [0.717, 1.165) is 43.5 Å². The zero-order valence-corrected chi connectivity index (χ0v) is 17.2. The lowest BCUT2D eigenvalue weighted by molar-refractivity contribution is -0.0218. The van der Waals surface area contributed by atoms with Crippen LogP contribution in [0.1, 0.15) is 19.8 Å². The van der Waals surface area contributed by atoms with E-state index in [1.54, 1.807) is 6.92 Å². The number of rotatable bonds is 7. The lowest BCUT2D eigenvalue weighted by Crippen LogP contribution is -2.60. The summed E-state index contributed by atoms with van der Waals surface area (Å²) in [5, 5.41) is 0. The molecule has 0 saturated carbocycles. The fourth-order valence-corrected chi connectivity index (χ4v) is 5.66. The lowest BCUT2D eigenvalue weighted by atomic mass is 9.88. The topological polar surface area (TPSA) is 67.9 Å². The van der Waals surface area contributed by atoms with Crippen LogP contribution in [0.25, 0.3) is 0 Å². The van der Waals surface area contributed by atoms with Gasteiger partial charge >= 0.3 is 0 Å². The zero-order valence-electron chi connectivity index (χ0n) is 15.6. The third-order valence-electron chi connectivity index (χ3n) is 5.21. The molecule has 2 fully saturated rings. The summed E-state index contributed by atoms with van der Waals surface area (Å²) in [6.07, 6.45) is 1.58. The van der Waals surface area contributed by atoms with Crippen molar-refractivity contribution in [1.82, 2.24) is 9.62 Å². The van der Waals surface area contributed by atoms with Crippen LogP contribution in [0.5, 0.6) is 5.75 Å². The number of halogens is 1. The highest BCUT2D eigenvalue weighted by Gasteiger charge is 2.40. The van der Waals surface area contributed by atoms with Gasteiger partial charge in [0.1, 0.15) is 0 Å². The molecule has 2 aliphatic heterocycles. The second-order valence-corrected chi connectivity index (χ2v) is 9.78. The van der Waals surface area contributed by atoms with Crippen molar-refractivity contribution in [2.24, 2.45) is 0 Å². The van der Waals surface area contributed by atoms with Gasteiger partial charge < -0.3 is 9.47 Å². The summed E-state index contributed by atoms with van der Waals surface area (Å²) in [5.74, 6) is 1.50. The largest absolute Gasteiger partial charge is 0.491 e. The van der Waals surface area contributed by atoms with Crippen molar-refractivity contribution in [1.29, 1.82) is 0 Å². The third-order valence-corrected chi connectivity index (χ3v) is 7.55. The van der Waals surface area contributed by atoms with E-state index in [9.17, 15) is 12.8 Å². The Morgan fingerprint density at radius 2 is 2.00 bits per heavy atom. The molecule has 152 valence electrons. The minimum Gasteiger partial charge on any atom is -0.491 e. The van der Waals surface area contributed by atoms with Crippen LogP contribution >= 0.6 is 11.8 Å². The fraction of sp³-hybridized carbons (Fsp3) is 0.667. The van der Waals surface area contributed by atoms with Crippen molar-refractivity contribution in [3.8, 4) is 5.75 Å². The van der Waals surface area contributed by atoms with Gasteiger partial charge in [-0.05, 0) is 38.0 Å². The highest BCUT2D eigenvalue weighted by Crippen LogP contribution is 2.30. The molecule has 27 heavy (non-hydrogen) atoms. The van der Waals surface area contributed by atoms with Crippen molar-refractivity contribution in [2.45, 2.75) is 30.2 Å². The van der Waals surface area contributed by atoms with Gasteiger partial charge in [0.15, 0.2) is 11.6 Å². The van der Waals surface area contributed by atoms with Crippen molar-refractivity contribution in [3.63, 3.8) is 0 Å². The fourth-order valence-electron chi connectivity index (χ4n) is 3.63. The second-order valence-electron chi connectivity index (χ2n) is 6.79. The monoisotopic (exact) mass is 418 g/mol. The molecule has 0 atom stereocenters. The van der Waals surface area contributed by atoms with E-state index >= 15 is 0 Å². The van der Waals surface area contributed by atoms with Crippen LogP contribution in [0.4, 0.5) is 4.39 Å². The Morgan fingerprint density at radius 1 is 1.30 bits per heavy atom. The summed E-state index contributed by atoms with van der Waals surface area (Å²) in [7, 11) is -3.81. The number of thioether (sulfide) groups is 1. The van der Waals surface area contributed by atoms with Gasteiger partial charge in [-0.1, -0.05) is 0 Å². The standard InChI is InChI=1S/C18H27FN2O4S2/c1-2-25-17-4-3-15(13-16(17)19)27(22,23)20-14-18(5-9-24-10-6-18)21-7-11-26-12-8-21/h3-4,13,20H,2,5-12,14H2,1H3. The molecule has 2 heterocycles. The Labute approximate surface area is 164 Å². The average molecular weight is 419 g/mol. The van der Waals surface area contributed by atoms with Crippen LogP contribution < -0.4 is 9.46 Å². The van der Waals surface area contributed by atoms with Gasteiger partial charge in [-0.15, -0.1) is 0 Å². The van der Waals surface area contributed by atoms with Crippen LogP contribution in [-0.2, 0) is 14.8 Å². The first-order valence-electron chi connectivity index (χ1n) is 9.29. The first kappa shape index (κ1) is 20.9. The molecule has 2 saturated heterocycles. The van der Waals surface area contributed by atoms with E-state index < -0.39 is 15.8 Å². The van der Waals surface area contributed by atoms with Gasteiger partial charge in [-0.3, -0.25) is 4.90 Å². The summed E-state index contributed by atoms with van der Waals surface area (Å²) < 4.78 is 53.0. The van der Waals surface area contributed by atoms with Crippen molar-refractivity contribution in [2.75, 3.05) is 51.0 Å². The molecule has 0 aromatic heterocycles. The van der Waals surface area contributed by atoms with Crippen LogP contribution in [0.15, 0.2) is 23.1 Å². The molecule has 0 aliphatic carbocycles. The van der Waals surface area contributed by atoms with Crippen LogP contribution in [0.3, 0.4) is 0 Å². The van der Waals surface area contributed by atoms with E-state index in [0.29, 0.717) is 26.4 Å². The molecule has 2 aliphatic rings. The number of sulfonamides is 1. The highest BCUT2D eigenvalue weighted by atomic mass is 32.2. The summed E-state index contributed by atoms with van der Waals surface area (Å²) in [4.78, 5) is 2.31. The Morgan fingerprint density at radius 3 is 2.63 bits per heavy atom. The predicted octanol–water partition coefficient (Wildman–Crippen LogP) is 2.10. The Bertz CT molecular complexity index is 733. The van der Waals surface area contributed by atoms with Gasteiger partial charge in [-0.2, -0.15) is 11.8 Å². The number of hydrogen-bond acceptors (Lipinski definition) is 6. The molecule has 0 radical (unpaired) electrons. The molecule has 0 amide bonds. The SMILES string of the molecule is CCOc1ccc(S(=O)(=O)NCC2(N3CCSCC3)CCOCC2)cc1F. The maximum Gasteiger partial charge on any atom is 0.240 e. The molecule has 0 spiro atoms. The van der Waals surface area contributed by atoms with Gasteiger partial charge in [0.05, 0.1) is 11.5 Å². The number of nitrogens with zero attached hydrogens (tertiary/aromatic N) is 1. The van der Waals surface area contributed by atoms with E-state index in [4.69, 9.17) is 9.47 Å². The molecule has 9 heteroatoms. The first-order valence-corrected chi connectivity index (χ1v) is 11.9. The molecular weight excluding hydrogens is 391 g/mol. The van der Waals surface area contributed by atoms with Gasteiger partial charge in [0.2, 0.25) is 10.0 Å². The summed E-state index contributed by atoms with van der Waals surface area (Å²) >= 11 is 1.92. The zero-order chi connectivity index (χ0) is 19.3. The van der Waals surface area contributed by atoms with Gasteiger partial charge in [0, 0.05) is 49.9 Å². The third kappa shape index (κ3) is 4.95. The minimum atomic E-state index is -3.81. The number of benzene rings is 1. The first-order chi connectivity index (χ1) is 13.0. The van der Waals surface area contributed by atoms with Crippen LogP contribution in [0.2, 0.25) is 0 Å². The van der Waals surface area contributed by atoms with Crippen LogP contribution in [0, 0.1) is 5.82 Å². The molecule has 1 aromatic carbocycles. The van der Waals surface area contributed by atoms with E-state index in [1.165, 1.54) is 12.1 Å². The predicted molar refractivity (Wildman–Crippen MR) is 104 cm³/mol. The van der Waals surface area contributed by atoms with Crippen LogP contribution in [-0.4, -0.2) is 69.8 Å². The molecule has 0 bridgehead atoms. The summed E-state index contributed by atoms with van der Waals surface area (Å²) in [6, 6.07) is 3.76. The van der Waals surface area contributed by atoms with E-state index in [1.807, 2.05) is 11.8 Å². The molecule has 6 nitrogen and oxygen atoms in total. The Hall–Kier alpha value is -0.870. The molecular formula is C18H27FN2O4S2. The number of nitrogens with one attached hydrogen (secondary N) is 1.